The van der Waals surface area contributed by atoms with Crippen LogP contribution in [0.4, 0.5) is 5.69 Å². The predicted octanol–water partition coefficient (Wildman–Crippen LogP) is 2.35. The van der Waals surface area contributed by atoms with E-state index in [4.69, 9.17) is 9.68 Å². The molecular weight excluding hydrogens is 256 g/mol. The average Bonchev–Trinajstić information content (AvgIpc) is 2.95. The lowest BCUT2D eigenvalue weighted by atomic mass is 10.2. The number of benzene rings is 1. The number of pyridine rings is 1. The van der Waals surface area contributed by atoms with Gasteiger partial charge in [0.25, 0.3) is 5.91 Å². The third-order valence-corrected chi connectivity index (χ3v) is 2.73. The maximum Gasteiger partial charge on any atom is 0.257 e. The molecule has 0 fully saturated rings. The number of carbonyl (C=O) groups is 1. The Labute approximate surface area is 113 Å². The molecule has 2 heterocycles. The van der Waals surface area contributed by atoms with Crippen molar-refractivity contribution < 1.29 is 9.21 Å². The van der Waals surface area contributed by atoms with Crippen LogP contribution in [-0.2, 0) is 0 Å². The van der Waals surface area contributed by atoms with Gasteiger partial charge >= 0.3 is 0 Å². The highest BCUT2D eigenvalue weighted by molar-refractivity contribution is 6.04. The number of carbonyl (C=O) groups excluding carboxylic acids is 1. The quantitative estimate of drug-likeness (QED) is 0.767. The summed E-state index contributed by atoms with van der Waals surface area (Å²) in [4.78, 5) is 19.9. The molecule has 0 aliphatic carbocycles. The summed E-state index contributed by atoms with van der Waals surface area (Å²) < 4.78 is 5.17. The molecule has 0 saturated heterocycles. The molecule has 0 atom stereocenters. The molecule has 3 rings (SSSR count). The highest BCUT2D eigenvalue weighted by atomic mass is 16.3. The highest BCUT2D eigenvalue weighted by Gasteiger charge is 2.08. The Hall–Kier alpha value is -3.20. The second kappa shape index (κ2) is 4.82. The SMILES string of the molecule is N#Cc1ccc(C(=O)Nc2ccc3ncoc3c2)cn1. The minimum atomic E-state index is -0.305. The predicted molar refractivity (Wildman–Crippen MR) is 70.9 cm³/mol. The van der Waals surface area contributed by atoms with E-state index in [0.717, 1.165) is 5.52 Å². The molecule has 6 nitrogen and oxygen atoms in total. The largest absolute Gasteiger partial charge is 0.443 e. The van der Waals surface area contributed by atoms with E-state index < -0.39 is 0 Å². The lowest BCUT2D eigenvalue weighted by Crippen LogP contribution is -2.12. The van der Waals surface area contributed by atoms with Crippen molar-refractivity contribution in [1.82, 2.24) is 9.97 Å². The van der Waals surface area contributed by atoms with E-state index in [2.05, 4.69) is 15.3 Å². The Morgan fingerprint density at radius 1 is 1.25 bits per heavy atom. The zero-order valence-corrected chi connectivity index (χ0v) is 10.2. The Balaban J connectivity index is 1.82. The van der Waals surface area contributed by atoms with Gasteiger partial charge in [-0.15, -0.1) is 0 Å². The first-order valence-corrected chi connectivity index (χ1v) is 5.77. The molecule has 0 unspecified atom stereocenters. The molecule has 0 saturated carbocycles. The lowest BCUT2D eigenvalue weighted by molar-refractivity contribution is 0.102. The van der Waals surface area contributed by atoms with Gasteiger partial charge in [-0.05, 0) is 24.3 Å². The van der Waals surface area contributed by atoms with Gasteiger partial charge in [-0.2, -0.15) is 5.26 Å². The van der Waals surface area contributed by atoms with Crippen LogP contribution in [0, 0.1) is 11.3 Å². The summed E-state index contributed by atoms with van der Waals surface area (Å²) in [6, 6.07) is 10.1. The molecular formula is C14H8N4O2. The summed E-state index contributed by atoms with van der Waals surface area (Å²) in [5, 5.41) is 11.4. The van der Waals surface area contributed by atoms with Crippen molar-refractivity contribution in [3.05, 3.63) is 54.2 Å². The van der Waals surface area contributed by atoms with E-state index in [1.54, 1.807) is 24.3 Å². The number of anilines is 1. The summed E-state index contributed by atoms with van der Waals surface area (Å²) in [5.74, 6) is -0.305. The maximum atomic E-state index is 12.0. The molecule has 0 bridgehead atoms. The summed E-state index contributed by atoms with van der Waals surface area (Å²) in [6.07, 6.45) is 2.71. The average molecular weight is 264 g/mol. The number of oxazole rings is 1. The number of hydrogen-bond acceptors (Lipinski definition) is 5. The fraction of sp³-hybridized carbons (Fsp3) is 0. The van der Waals surface area contributed by atoms with Crippen molar-refractivity contribution >= 4 is 22.7 Å². The summed E-state index contributed by atoms with van der Waals surface area (Å²) in [6.45, 7) is 0. The molecule has 1 N–H and O–H groups in total. The standard InChI is InChI=1S/C14H8N4O2/c15-6-11-2-1-9(7-16-11)14(19)18-10-3-4-12-13(5-10)20-8-17-12/h1-5,7-8H,(H,18,19). The van der Waals surface area contributed by atoms with Crippen molar-refractivity contribution in [3.8, 4) is 6.07 Å². The molecule has 2 aromatic heterocycles. The second-order valence-electron chi connectivity index (χ2n) is 4.03. The summed E-state index contributed by atoms with van der Waals surface area (Å²) in [7, 11) is 0. The number of nitrogens with zero attached hydrogens (tertiary/aromatic N) is 3. The van der Waals surface area contributed by atoms with E-state index >= 15 is 0 Å². The molecule has 1 aromatic carbocycles. The van der Waals surface area contributed by atoms with E-state index in [-0.39, 0.29) is 11.6 Å². The molecule has 96 valence electrons. The molecule has 6 heteroatoms. The van der Waals surface area contributed by atoms with Gasteiger partial charge < -0.3 is 9.73 Å². The number of amides is 1. The van der Waals surface area contributed by atoms with Crippen molar-refractivity contribution in [1.29, 1.82) is 5.26 Å². The van der Waals surface area contributed by atoms with Crippen LogP contribution >= 0.6 is 0 Å². The van der Waals surface area contributed by atoms with Crippen LogP contribution in [-0.4, -0.2) is 15.9 Å². The van der Waals surface area contributed by atoms with Crippen LogP contribution in [0.15, 0.2) is 47.3 Å². The smallest absolute Gasteiger partial charge is 0.257 e. The Morgan fingerprint density at radius 2 is 2.15 bits per heavy atom. The van der Waals surface area contributed by atoms with Gasteiger partial charge in [-0.3, -0.25) is 4.79 Å². The molecule has 20 heavy (non-hydrogen) atoms. The van der Waals surface area contributed by atoms with E-state index in [1.807, 2.05) is 6.07 Å². The van der Waals surface area contributed by atoms with Crippen LogP contribution in [0.3, 0.4) is 0 Å². The summed E-state index contributed by atoms with van der Waals surface area (Å²) >= 11 is 0. The number of aromatic nitrogens is 2. The normalized spacial score (nSPS) is 10.2. The zero-order valence-electron chi connectivity index (χ0n) is 10.2. The van der Waals surface area contributed by atoms with Gasteiger partial charge in [-0.1, -0.05) is 0 Å². The molecule has 3 aromatic rings. The van der Waals surface area contributed by atoms with Crippen LogP contribution < -0.4 is 5.32 Å². The van der Waals surface area contributed by atoms with Crippen molar-refractivity contribution in [2.75, 3.05) is 5.32 Å². The highest BCUT2D eigenvalue weighted by Crippen LogP contribution is 2.18. The van der Waals surface area contributed by atoms with E-state index in [0.29, 0.717) is 16.8 Å². The Kier molecular flexibility index (Phi) is 2.86. The molecule has 0 aliphatic heterocycles. The second-order valence-corrected chi connectivity index (χ2v) is 4.03. The number of hydrogen-bond donors (Lipinski definition) is 1. The van der Waals surface area contributed by atoms with E-state index in [1.165, 1.54) is 18.7 Å². The minimum Gasteiger partial charge on any atom is -0.443 e. The number of fused-ring (bicyclic) bond motifs is 1. The monoisotopic (exact) mass is 264 g/mol. The van der Waals surface area contributed by atoms with Gasteiger partial charge in [0.05, 0.1) is 5.56 Å². The zero-order chi connectivity index (χ0) is 13.9. The van der Waals surface area contributed by atoms with Crippen LogP contribution in [0.2, 0.25) is 0 Å². The Morgan fingerprint density at radius 3 is 2.90 bits per heavy atom. The van der Waals surface area contributed by atoms with Gasteiger partial charge in [-0.25, -0.2) is 9.97 Å². The Bertz CT molecular complexity index is 815. The molecule has 0 radical (unpaired) electrons. The first kappa shape index (κ1) is 11.9. The first-order valence-electron chi connectivity index (χ1n) is 5.77. The van der Waals surface area contributed by atoms with Crippen LogP contribution in [0.5, 0.6) is 0 Å². The molecule has 0 spiro atoms. The van der Waals surface area contributed by atoms with Gasteiger partial charge in [0.2, 0.25) is 0 Å². The van der Waals surface area contributed by atoms with Crippen LogP contribution in [0.1, 0.15) is 16.1 Å². The maximum absolute atomic E-state index is 12.0. The van der Waals surface area contributed by atoms with Crippen molar-refractivity contribution in [2.24, 2.45) is 0 Å². The fourth-order valence-corrected chi connectivity index (χ4v) is 1.73. The molecule has 1 amide bonds. The van der Waals surface area contributed by atoms with Gasteiger partial charge in [0, 0.05) is 18.0 Å². The number of rotatable bonds is 2. The number of nitriles is 1. The topological polar surface area (TPSA) is 91.8 Å². The van der Waals surface area contributed by atoms with Crippen LogP contribution in [0.25, 0.3) is 11.1 Å². The first-order chi connectivity index (χ1) is 9.76. The number of nitrogens with one attached hydrogen (secondary N) is 1. The third kappa shape index (κ3) is 2.20. The van der Waals surface area contributed by atoms with Crippen molar-refractivity contribution in [3.63, 3.8) is 0 Å². The van der Waals surface area contributed by atoms with Gasteiger partial charge in [0.15, 0.2) is 12.0 Å². The summed E-state index contributed by atoms with van der Waals surface area (Å²) in [5.41, 5.74) is 2.57. The molecule has 0 aliphatic rings. The van der Waals surface area contributed by atoms with E-state index in [9.17, 15) is 4.79 Å². The van der Waals surface area contributed by atoms with Gasteiger partial charge in [0.1, 0.15) is 17.3 Å². The fourth-order valence-electron chi connectivity index (χ4n) is 1.73. The third-order valence-electron chi connectivity index (χ3n) is 2.73. The lowest BCUT2D eigenvalue weighted by Gasteiger charge is -2.04. The minimum absolute atomic E-state index is 0.268. The van der Waals surface area contributed by atoms with Crippen molar-refractivity contribution in [2.45, 2.75) is 0 Å².